The minimum atomic E-state index is -0.756. The van der Waals surface area contributed by atoms with Crippen LogP contribution in [0.5, 0.6) is 5.75 Å². The van der Waals surface area contributed by atoms with E-state index in [2.05, 4.69) is 10.1 Å². The lowest BCUT2D eigenvalue weighted by atomic mass is 10.0. The number of aromatic hydroxyl groups is 1. The fourth-order valence-electron chi connectivity index (χ4n) is 5.06. The topological polar surface area (TPSA) is 131 Å². The zero-order chi connectivity index (χ0) is 30.6. The molecule has 2 aliphatic rings. The molecule has 4 aromatic carbocycles. The van der Waals surface area contributed by atoms with Gasteiger partial charge in [0.15, 0.2) is 6.29 Å². The Morgan fingerprint density at radius 3 is 2.23 bits per heavy atom. The van der Waals surface area contributed by atoms with Crippen molar-refractivity contribution in [2.45, 2.75) is 43.0 Å². The molecule has 0 aromatic heterocycles. The molecule has 4 aromatic rings. The van der Waals surface area contributed by atoms with E-state index < -0.39 is 18.2 Å². The van der Waals surface area contributed by atoms with Crippen LogP contribution in [-0.4, -0.2) is 39.9 Å². The number of cyclic esters (lactones) is 2. The lowest BCUT2D eigenvalue weighted by molar-refractivity contribution is -0.245. The van der Waals surface area contributed by atoms with Crippen LogP contribution in [0, 0.1) is 0 Å². The Hall–Kier alpha value is -4.48. The Bertz CT molecular complexity index is 1670. The van der Waals surface area contributed by atoms with Crippen molar-refractivity contribution in [3.63, 3.8) is 0 Å². The number of fused-ring (bicyclic) bond motifs is 1. The molecule has 2 heterocycles. The maximum absolute atomic E-state index is 12.7. The average molecular weight is 612 g/mol. The Morgan fingerprint density at radius 2 is 1.50 bits per heavy atom. The third-order valence-electron chi connectivity index (χ3n) is 7.50. The number of rotatable bonds is 9. The van der Waals surface area contributed by atoms with Gasteiger partial charge in [-0.25, -0.2) is 9.59 Å². The largest absolute Gasteiger partial charge is 0.508 e. The van der Waals surface area contributed by atoms with Crippen LogP contribution in [0.2, 0.25) is 0 Å². The van der Waals surface area contributed by atoms with E-state index in [-0.39, 0.29) is 53.7 Å². The first-order valence-electron chi connectivity index (χ1n) is 14.1. The summed E-state index contributed by atoms with van der Waals surface area (Å²) < 4.78 is 17.4. The van der Waals surface area contributed by atoms with Crippen molar-refractivity contribution in [2.24, 2.45) is 0 Å². The number of amides is 1. The van der Waals surface area contributed by atoms with E-state index in [9.17, 15) is 24.6 Å². The lowest BCUT2D eigenvalue weighted by Crippen LogP contribution is -2.31. The van der Waals surface area contributed by atoms with Gasteiger partial charge in [0.2, 0.25) is 0 Å². The summed E-state index contributed by atoms with van der Waals surface area (Å²) in [7, 11) is 0. The summed E-state index contributed by atoms with van der Waals surface area (Å²) in [5, 5.41) is 21.9. The van der Waals surface area contributed by atoms with Crippen LogP contribution in [0.25, 0.3) is 0 Å². The maximum atomic E-state index is 12.7. The molecule has 0 saturated carbocycles. The molecular weight excluding hydrogens is 582 g/mol. The first-order chi connectivity index (χ1) is 21.4. The Morgan fingerprint density at radius 1 is 0.818 bits per heavy atom. The van der Waals surface area contributed by atoms with Crippen molar-refractivity contribution in [1.82, 2.24) is 5.32 Å². The Labute approximate surface area is 257 Å². The highest BCUT2D eigenvalue weighted by atomic mass is 32.2. The summed E-state index contributed by atoms with van der Waals surface area (Å²) in [5.74, 6) is -0.941. The number of nitrogens with one attached hydrogen (secondary N) is 1. The molecule has 0 aliphatic carbocycles. The SMILES string of the molecule is O=C(NCc1ccc(C2O[C@H](CSc3ccc(O)cc3)C[C@H](c3ccc(CO)cc3)O2)cc1)c1ccc2c(c1)C(=O)OC2=O. The molecule has 1 unspecified atom stereocenters. The second kappa shape index (κ2) is 13.0. The van der Waals surface area contributed by atoms with Gasteiger partial charge in [0.05, 0.1) is 29.9 Å². The van der Waals surface area contributed by atoms with E-state index in [1.165, 1.54) is 18.2 Å². The van der Waals surface area contributed by atoms with Crippen molar-refractivity contribution < 1.29 is 38.8 Å². The summed E-state index contributed by atoms with van der Waals surface area (Å²) in [6.45, 7) is 0.219. The van der Waals surface area contributed by atoms with Crippen molar-refractivity contribution in [1.29, 1.82) is 0 Å². The number of carbonyl (C=O) groups excluding carboxylic acids is 3. The van der Waals surface area contributed by atoms with E-state index in [0.29, 0.717) is 12.2 Å². The van der Waals surface area contributed by atoms with E-state index >= 15 is 0 Å². The quantitative estimate of drug-likeness (QED) is 0.128. The second-order valence-corrected chi connectivity index (χ2v) is 11.6. The number of phenolic OH excluding ortho intramolecular Hbond substituents is 1. The van der Waals surface area contributed by atoms with E-state index in [0.717, 1.165) is 27.1 Å². The zero-order valence-corrected chi connectivity index (χ0v) is 24.3. The van der Waals surface area contributed by atoms with Crippen LogP contribution in [0.15, 0.2) is 95.9 Å². The van der Waals surface area contributed by atoms with Gasteiger partial charge >= 0.3 is 11.9 Å². The Kier molecular flexibility index (Phi) is 8.76. The van der Waals surface area contributed by atoms with Crippen LogP contribution in [0.1, 0.15) is 72.1 Å². The predicted molar refractivity (Wildman–Crippen MR) is 161 cm³/mol. The van der Waals surface area contributed by atoms with Gasteiger partial charge in [0.25, 0.3) is 5.91 Å². The normalized spacial score (nSPS) is 19.3. The van der Waals surface area contributed by atoms with Gasteiger partial charge in [0, 0.05) is 34.7 Å². The summed E-state index contributed by atoms with van der Waals surface area (Å²) in [6, 6.07) is 26.6. The van der Waals surface area contributed by atoms with Crippen LogP contribution in [0.4, 0.5) is 0 Å². The molecule has 3 atom stereocenters. The standard InChI is InChI=1S/C34H29NO8S/c36-18-21-3-5-22(6-4-21)30-16-26(19-44-27-12-10-25(37)11-13-27)41-34(42-30)23-7-1-20(2-8-23)17-35-31(38)24-9-14-28-29(15-24)33(40)43-32(28)39/h1-15,26,30,34,36-37H,16-19H2,(H,35,38)/t26-,30+,34?/m0/s1. The molecule has 3 N–H and O–H groups in total. The highest BCUT2D eigenvalue weighted by molar-refractivity contribution is 7.99. The number of hydrogen-bond donors (Lipinski definition) is 3. The first-order valence-corrected chi connectivity index (χ1v) is 15.0. The number of hydrogen-bond acceptors (Lipinski definition) is 9. The fourth-order valence-corrected chi connectivity index (χ4v) is 5.98. The summed E-state index contributed by atoms with van der Waals surface area (Å²) in [6.07, 6.45) is -0.299. The van der Waals surface area contributed by atoms with E-state index in [1.807, 2.05) is 60.7 Å². The van der Waals surface area contributed by atoms with Gasteiger partial charge in [-0.15, -0.1) is 11.8 Å². The number of benzene rings is 4. The van der Waals surface area contributed by atoms with E-state index in [4.69, 9.17) is 9.47 Å². The Balaban J connectivity index is 1.12. The summed E-state index contributed by atoms with van der Waals surface area (Å²) >= 11 is 1.65. The third kappa shape index (κ3) is 6.68. The highest BCUT2D eigenvalue weighted by Crippen LogP contribution is 2.39. The van der Waals surface area contributed by atoms with Crippen molar-refractivity contribution in [2.75, 3.05) is 5.75 Å². The molecule has 2 aliphatic heterocycles. The second-order valence-electron chi connectivity index (χ2n) is 10.5. The van der Waals surface area contributed by atoms with Crippen LogP contribution in [0.3, 0.4) is 0 Å². The number of thioether (sulfide) groups is 1. The molecule has 1 fully saturated rings. The molecule has 1 amide bonds. The van der Waals surface area contributed by atoms with Gasteiger partial charge in [-0.05, 0) is 59.2 Å². The smallest absolute Gasteiger partial charge is 0.346 e. The molecule has 10 heteroatoms. The van der Waals surface area contributed by atoms with Crippen molar-refractivity contribution in [3.05, 3.63) is 130 Å². The number of carbonyl (C=O) groups is 3. The van der Waals surface area contributed by atoms with Gasteiger partial charge in [-0.2, -0.15) is 0 Å². The molecule has 0 bridgehead atoms. The number of esters is 2. The molecule has 6 rings (SSSR count). The lowest BCUT2D eigenvalue weighted by Gasteiger charge is -2.36. The van der Waals surface area contributed by atoms with E-state index in [1.54, 1.807) is 23.9 Å². The van der Waals surface area contributed by atoms with Crippen LogP contribution in [-0.2, 0) is 27.4 Å². The predicted octanol–water partition coefficient (Wildman–Crippen LogP) is 5.46. The molecule has 224 valence electrons. The molecule has 0 radical (unpaired) electrons. The molecule has 0 spiro atoms. The number of aliphatic hydroxyl groups excluding tert-OH is 1. The third-order valence-corrected chi connectivity index (χ3v) is 8.64. The van der Waals surface area contributed by atoms with Crippen molar-refractivity contribution in [3.8, 4) is 5.75 Å². The minimum Gasteiger partial charge on any atom is -0.508 e. The van der Waals surface area contributed by atoms with Gasteiger partial charge in [-0.1, -0.05) is 48.5 Å². The number of aliphatic hydroxyl groups is 1. The van der Waals surface area contributed by atoms with Gasteiger partial charge in [0.1, 0.15) is 5.75 Å². The molecule has 1 saturated heterocycles. The maximum Gasteiger partial charge on any atom is 0.346 e. The van der Waals surface area contributed by atoms with Crippen molar-refractivity contribution >= 4 is 29.6 Å². The number of phenols is 1. The summed E-state index contributed by atoms with van der Waals surface area (Å²) in [4.78, 5) is 37.3. The summed E-state index contributed by atoms with van der Waals surface area (Å²) in [5.41, 5.74) is 4.00. The van der Waals surface area contributed by atoms with Crippen LogP contribution >= 0.6 is 11.8 Å². The fraction of sp³-hybridized carbons (Fsp3) is 0.206. The van der Waals surface area contributed by atoms with Gasteiger partial charge < -0.3 is 29.7 Å². The molecular formula is C34H29NO8S. The zero-order valence-electron chi connectivity index (χ0n) is 23.5. The average Bonchev–Trinajstić information content (AvgIpc) is 3.35. The van der Waals surface area contributed by atoms with Gasteiger partial charge in [-0.3, -0.25) is 4.79 Å². The first kappa shape index (κ1) is 29.6. The highest BCUT2D eigenvalue weighted by Gasteiger charge is 2.33. The monoisotopic (exact) mass is 611 g/mol. The number of ether oxygens (including phenoxy) is 3. The minimum absolute atomic E-state index is 0.0286. The van der Waals surface area contributed by atoms with Crippen LogP contribution < -0.4 is 5.32 Å². The molecule has 44 heavy (non-hydrogen) atoms. The molecule has 9 nitrogen and oxygen atoms in total.